The molecule has 1 aliphatic rings. The van der Waals surface area contributed by atoms with E-state index in [1.807, 2.05) is 18.3 Å². The normalized spacial score (nSPS) is 18.9. The largest absolute Gasteiger partial charge is 0.365 e. The highest BCUT2D eigenvalue weighted by Crippen LogP contribution is 2.21. The van der Waals surface area contributed by atoms with Gasteiger partial charge in [0.25, 0.3) is 0 Å². The van der Waals surface area contributed by atoms with Crippen LogP contribution in [-0.2, 0) is 0 Å². The molecule has 0 radical (unpaired) electrons. The Morgan fingerprint density at radius 2 is 2.20 bits per heavy atom. The molecule has 1 saturated heterocycles. The molecule has 0 aliphatic carbocycles. The maximum Gasteiger partial charge on any atom is 0.129 e. The first-order valence-electron chi connectivity index (χ1n) is 6.70. The first-order chi connectivity index (χ1) is 9.81. The van der Waals surface area contributed by atoms with Gasteiger partial charge in [-0.2, -0.15) is 0 Å². The van der Waals surface area contributed by atoms with E-state index >= 15 is 0 Å². The first kappa shape index (κ1) is 13.3. The zero-order valence-corrected chi connectivity index (χ0v) is 12.6. The molecule has 104 valence electrons. The van der Waals surface area contributed by atoms with Crippen LogP contribution in [-0.4, -0.2) is 34.1 Å². The lowest BCUT2D eigenvalue weighted by atomic mass is 10.1. The second-order valence-electron chi connectivity index (χ2n) is 4.86. The topological polar surface area (TPSA) is 53.9 Å². The molecule has 1 unspecified atom stereocenters. The van der Waals surface area contributed by atoms with Gasteiger partial charge in [0.1, 0.15) is 18.0 Å². The molecule has 0 amide bonds. The number of hydrogen-bond donors (Lipinski definition) is 1. The molecule has 3 rings (SSSR count). The number of rotatable bonds is 3. The van der Waals surface area contributed by atoms with Crippen LogP contribution < -0.4 is 10.2 Å². The predicted molar refractivity (Wildman–Crippen MR) is 82.8 cm³/mol. The van der Waals surface area contributed by atoms with Crippen LogP contribution in [0.5, 0.6) is 0 Å². The Kier molecular flexibility index (Phi) is 4.11. The van der Waals surface area contributed by atoms with Crippen LogP contribution in [0.3, 0.4) is 0 Å². The van der Waals surface area contributed by atoms with Gasteiger partial charge in [-0.05, 0) is 47.0 Å². The van der Waals surface area contributed by atoms with Crippen LogP contribution in [0.2, 0.25) is 0 Å². The highest BCUT2D eigenvalue weighted by atomic mass is 79.9. The SMILES string of the molecule is Brc1ccc(N2CCCC(Nc3ccncn3)C2)nc1. The van der Waals surface area contributed by atoms with E-state index in [-0.39, 0.29) is 0 Å². The third kappa shape index (κ3) is 3.25. The quantitative estimate of drug-likeness (QED) is 0.935. The van der Waals surface area contributed by atoms with Crippen molar-refractivity contribution >= 4 is 27.6 Å². The van der Waals surface area contributed by atoms with Crippen molar-refractivity contribution < 1.29 is 0 Å². The number of nitrogens with one attached hydrogen (secondary N) is 1. The van der Waals surface area contributed by atoms with Crippen molar-refractivity contribution in [1.29, 1.82) is 0 Å². The average molecular weight is 334 g/mol. The van der Waals surface area contributed by atoms with Crippen molar-refractivity contribution in [2.45, 2.75) is 18.9 Å². The number of piperidine rings is 1. The Labute approximate surface area is 126 Å². The number of anilines is 2. The van der Waals surface area contributed by atoms with Crippen LogP contribution in [0.4, 0.5) is 11.6 Å². The lowest BCUT2D eigenvalue weighted by Crippen LogP contribution is -2.42. The highest BCUT2D eigenvalue weighted by molar-refractivity contribution is 9.10. The van der Waals surface area contributed by atoms with E-state index in [0.29, 0.717) is 6.04 Å². The van der Waals surface area contributed by atoms with Gasteiger partial charge in [-0.25, -0.2) is 15.0 Å². The minimum atomic E-state index is 0.393. The molecular formula is C14H16BrN5. The first-order valence-corrected chi connectivity index (χ1v) is 7.49. The third-order valence-corrected chi connectivity index (χ3v) is 3.86. The van der Waals surface area contributed by atoms with Gasteiger partial charge in [0.15, 0.2) is 0 Å². The Balaban J connectivity index is 1.66. The van der Waals surface area contributed by atoms with Gasteiger partial charge in [0.2, 0.25) is 0 Å². The maximum absolute atomic E-state index is 4.47. The fraction of sp³-hybridized carbons (Fsp3) is 0.357. The van der Waals surface area contributed by atoms with E-state index < -0.39 is 0 Å². The molecule has 2 aromatic heterocycles. The van der Waals surface area contributed by atoms with Gasteiger partial charge in [-0.3, -0.25) is 0 Å². The van der Waals surface area contributed by atoms with Gasteiger partial charge in [-0.15, -0.1) is 0 Å². The summed E-state index contributed by atoms with van der Waals surface area (Å²) in [5.74, 6) is 1.91. The van der Waals surface area contributed by atoms with Crippen molar-refractivity contribution in [2.24, 2.45) is 0 Å². The molecule has 6 heteroatoms. The van der Waals surface area contributed by atoms with Crippen molar-refractivity contribution in [2.75, 3.05) is 23.3 Å². The lowest BCUT2D eigenvalue weighted by molar-refractivity contribution is 0.525. The van der Waals surface area contributed by atoms with Crippen LogP contribution in [0.1, 0.15) is 12.8 Å². The lowest BCUT2D eigenvalue weighted by Gasteiger charge is -2.34. The third-order valence-electron chi connectivity index (χ3n) is 3.39. The summed E-state index contributed by atoms with van der Waals surface area (Å²) in [5, 5.41) is 3.46. The molecule has 0 spiro atoms. The summed E-state index contributed by atoms with van der Waals surface area (Å²) >= 11 is 3.42. The Bertz CT molecular complexity index is 545. The summed E-state index contributed by atoms with van der Waals surface area (Å²) in [4.78, 5) is 14.9. The summed E-state index contributed by atoms with van der Waals surface area (Å²) in [7, 11) is 0. The fourth-order valence-corrected chi connectivity index (χ4v) is 2.68. The summed E-state index contributed by atoms with van der Waals surface area (Å²) in [6.45, 7) is 2.00. The molecule has 3 heterocycles. The van der Waals surface area contributed by atoms with Crippen LogP contribution in [0.15, 0.2) is 41.4 Å². The Morgan fingerprint density at radius 1 is 1.25 bits per heavy atom. The summed E-state index contributed by atoms with van der Waals surface area (Å²) in [6.07, 6.45) is 7.47. The Morgan fingerprint density at radius 3 is 2.95 bits per heavy atom. The Hall–Kier alpha value is -1.69. The van der Waals surface area contributed by atoms with Gasteiger partial charge >= 0.3 is 0 Å². The molecule has 1 atom stereocenters. The molecule has 1 fully saturated rings. The van der Waals surface area contributed by atoms with Crippen LogP contribution >= 0.6 is 15.9 Å². The minimum Gasteiger partial charge on any atom is -0.365 e. The maximum atomic E-state index is 4.47. The van der Waals surface area contributed by atoms with Gasteiger partial charge in [0.05, 0.1) is 0 Å². The molecule has 0 aromatic carbocycles. The molecule has 0 bridgehead atoms. The zero-order chi connectivity index (χ0) is 13.8. The second-order valence-corrected chi connectivity index (χ2v) is 5.77. The monoisotopic (exact) mass is 333 g/mol. The second kappa shape index (κ2) is 6.17. The fourth-order valence-electron chi connectivity index (χ4n) is 2.44. The molecule has 0 saturated carbocycles. The molecule has 1 aliphatic heterocycles. The molecule has 5 nitrogen and oxygen atoms in total. The van der Waals surface area contributed by atoms with Crippen molar-refractivity contribution in [3.8, 4) is 0 Å². The van der Waals surface area contributed by atoms with E-state index in [0.717, 1.165) is 42.0 Å². The number of nitrogens with zero attached hydrogens (tertiary/aromatic N) is 4. The highest BCUT2D eigenvalue weighted by Gasteiger charge is 2.20. The molecule has 1 N–H and O–H groups in total. The zero-order valence-electron chi connectivity index (χ0n) is 11.0. The standard InChI is InChI=1S/C14H16BrN5/c15-11-3-4-14(17-8-11)20-7-1-2-12(9-20)19-13-5-6-16-10-18-13/h3-6,8,10,12H,1-2,7,9H2,(H,16,18,19). The van der Waals surface area contributed by atoms with E-state index in [9.17, 15) is 0 Å². The summed E-state index contributed by atoms with van der Waals surface area (Å²) in [6, 6.07) is 6.38. The van der Waals surface area contributed by atoms with Gasteiger partial charge in [0, 0.05) is 36.0 Å². The van der Waals surface area contributed by atoms with Crippen LogP contribution in [0.25, 0.3) is 0 Å². The molecule has 2 aromatic rings. The minimum absolute atomic E-state index is 0.393. The van der Waals surface area contributed by atoms with E-state index in [4.69, 9.17) is 0 Å². The number of hydrogen-bond acceptors (Lipinski definition) is 5. The van der Waals surface area contributed by atoms with Gasteiger partial charge < -0.3 is 10.2 Å². The number of aromatic nitrogens is 3. The van der Waals surface area contributed by atoms with Crippen molar-refractivity contribution in [3.63, 3.8) is 0 Å². The van der Waals surface area contributed by atoms with E-state index in [2.05, 4.69) is 47.2 Å². The number of pyridine rings is 1. The van der Waals surface area contributed by atoms with Crippen LogP contribution in [0, 0.1) is 0 Å². The smallest absolute Gasteiger partial charge is 0.129 e. The van der Waals surface area contributed by atoms with E-state index in [1.54, 1.807) is 12.5 Å². The van der Waals surface area contributed by atoms with Gasteiger partial charge in [-0.1, -0.05) is 0 Å². The van der Waals surface area contributed by atoms with E-state index in [1.165, 1.54) is 0 Å². The molecular weight excluding hydrogens is 318 g/mol. The predicted octanol–water partition coefficient (Wildman–Crippen LogP) is 2.72. The number of halogens is 1. The molecule has 20 heavy (non-hydrogen) atoms. The summed E-state index contributed by atoms with van der Waals surface area (Å²) < 4.78 is 1.01. The van der Waals surface area contributed by atoms with Crippen molar-refractivity contribution in [1.82, 2.24) is 15.0 Å². The van der Waals surface area contributed by atoms with Crippen molar-refractivity contribution in [3.05, 3.63) is 41.4 Å². The average Bonchev–Trinajstić information content (AvgIpc) is 2.49. The summed E-state index contributed by atoms with van der Waals surface area (Å²) in [5.41, 5.74) is 0.